The van der Waals surface area contributed by atoms with E-state index in [0.717, 1.165) is 22.0 Å². The molecule has 0 saturated carbocycles. The van der Waals surface area contributed by atoms with Crippen LogP contribution in [0.15, 0.2) is 42.0 Å². The second kappa shape index (κ2) is 6.72. The first-order valence-electron chi connectivity index (χ1n) is 8.26. The summed E-state index contributed by atoms with van der Waals surface area (Å²) in [4.78, 5) is 21.0. The summed E-state index contributed by atoms with van der Waals surface area (Å²) in [7, 11) is 0. The lowest BCUT2D eigenvalue weighted by Gasteiger charge is -2.06. The molecular weight excluding hydrogens is 348 g/mol. The van der Waals surface area contributed by atoms with Gasteiger partial charge in [0.1, 0.15) is 5.00 Å². The molecule has 1 amide bonds. The number of fused-ring (bicyclic) bond motifs is 1. The van der Waals surface area contributed by atoms with Gasteiger partial charge in [-0.15, -0.1) is 16.4 Å². The molecule has 1 N–H and O–H groups in total. The van der Waals surface area contributed by atoms with Crippen LogP contribution in [0.3, 0.4) is 0 Å². The van der Waals surface area contributed by atoms with Gasteiger partial charge in [0.05, 0.1) is 6.42 Å². The number of aromatic nitrogens is 5. The van der Waals surface area contributed by atoms with Crippen LogP contribution in [0.2, 0.25) is 0 Å². The number of carbonyl (C=O) groups excluding carboxylic acids is 1. The Morgan fingerprint density at radius 2 is 2.04 bits per heavy atom. The van der Waals surface area contributed by atoms with E-state index in [1.54, 1.807) is 15.9 Å². The Hall–Kier alpha value is -3.00. The molecule has 7 nitrogen and oxygen atoms in total. The van der Waals surface area contributed by atoms with Gasteiger partial charge in [0.25, 0.3) is 5.78 Å². The van der Waals surface area contributed by atoms with Gasteiger partial charge >= 0.3 is 0 Å². The number of hydrogen-bond donors (Lipinski definition) is 1. The molecule has 0 atom stereocenters. The Morgan fingerprint density at radius 3 is 2.85 bits per heavy atom. The van der Waals surface area contributed by atoms with Crippen LogP contribution >= 0.6 is 11.3 Å². The quantitative estimate of drug-likeness (QED) is 0.589. The molecular formula is C18H18N6OS. The summed E-state index contributed by atoms with van der Waals surface area (Å²) in [5, 5.41) is 10.5. The van der Waals surface area contributed by atoms with Crippen LogP contribution in [0.5, 0.6) is 0 Å². The summed E-state index contributed by atoms with van der Waals surface area (Å²) >= 11 is 1.64. The van der Waals surface area contributed by atoms with E-state index in [1.807, 2.05) is 60.5 Å². The minimum atomic E-state index is -0.111. The van der Waals surface area contributed by atoms with E-state index in [1.165, 1.54) is 0 Å². The van der Waals surface area contributed by atoms with Gasteiger partial charge in [-0.3, -0.25) is 4.79 Å². The number of hydrogen-bond acceptors (Lipinski definition) is 5. The maximum Gasteiger partial charge on any atom is 0.252 e. The van der Waals surface area contributed by atoms with Gasteiger partial charge in [0.2, 0.25) is 5.91 Å². The van der Waals surface area contributed by atoms with E-state index < -0.39 is 0 Å². The summed E-state index contributed by atoms with van der Waals surface area (Å²) in [6.07, 6.45) is 4.12. The van der Waals surface area contributed by atoms with Crippen molar-refractivity contribution in [3.63, 3.8) is 0 Å². The first kappa shape index (κ1) is 16.5. The highest BCUT2D eigenvalue weighted by Gasteiger charge is 2.13. The molecule has 0 aliphatic carbocycles. The molecule has 0 aliphatic heterocycles. The monoisotopic (exact) mass is 366 g/mol. The van der Waals surface area contributed by atoms with E-state index in [0.29, 0.717) is 18.1 Å². The summed E-state index contributed by atoms with van der Waals surface area (Å²) in [5.74, 6) is 0.887. The minimum Gasteiger partial charge on any atom is -0.352 e. The van der Waals surface area contributed by atoms with Crippen molar-refractivity contribution >= 4 is 23.0 Å². The summed E-state index contributed by atoms with van der Waals surface area (Å²) < 4.78 is 3.71. The first-order valence-corrected chi connectivity index (χ1v) is 9.14. The Balaban J connectivity index is 1.44. The fourth-order valence-corrected chi connectivity index (χ4v) is 3.74. The van der Waals surface area contributed by atoms with Crippen LogP contribution in [-0.4, -0.2) is 30.1 Å². The fraction of sp³-hybridized carbons (Fsp3) is 0.222. The average Bonchev–Trinajstić information content (AvgIpc) is 3.32. The fourth-order valence-electron chi connectivity index (χ4n) is 2.84. The Labute approximate surface area is 154 Å². The predicted octanol–water partition coefficient (Wildman–Crippen LogP) is 2.45. The third-order valence-corrected chi connectivity index (χ3v) is 4.99. The van der Waals surface area contributed by atoms with Crippen molar-refractivity contribution in [1.29, 1.82) is 0 Å². The van der Waals surface area contributed by atoms with Crippen molar-refractivity contribution in [1.82, 2.24) is 29.5 Å². The van der Waals surface area contributed by atoms with E-state index >= 15 is 0 Å². The smallest absolute Gasteiger partial charge is 0.252 e. The summed E-state index contributed by atoms with van der Waals surface area (Å²) in [5.41, 5.74) is 2.91. The highest BCUT2D eigenvalue weighted by atomic mass is 32.1. The van der Waals surface area contributed by atoms with Crippen LogP contribution in [0, 0.1) is 13.8 Å². The van der Waals surface area contributed by atoms with Crippen molar-refractivity contribution in [3.8, 4) is 5.00 Å². The normalized spacial score (nSPS) is 11.2. The number of nitrogens with zero attached hydrogens (tertiary/aromatic N) is 5. The second-order valence-electron chi connectivity index (χ2n) is 6.07. The molecule has 0 unspecified atom stereocenters. The number of nitrogens with one attached hydrogen (secondary N) is 1. The van der Waals surface area contributed by atoms with Crippen molar-refractivity contribution in [2.45, 2.75) is 26.8 Å². The van der Waals surface area contributed by atoms with Crippen molar-refractivity contribution in [2.24, 2.45) is 0 Å². The zero-order valence-corrected chi connectivity index (χ0v) is 15.3. The van der Waals surface area contributed by atoms with Crippen molar-refractivity contribution in [3.05, 3.63) is 64.8 Å². The first-order chi connectivity index (χ1) is 12.6. The van der Waals surface area contributed by atoms with Gasteiger partial charge in [-0.2, -0.15) is 4.98 Å². The Bertz CT molecular complexity index is 1060. The standard InChI is InChI=1S/C18H18N6OS/c1-12-9-13(2)24-18(20-12)21-15(22-24)10-16(25)19-11-14-5-8-26-17(14)23-6-3-4-7-23/h3-9H,10-11H2,1-2H3,(H,19,25). The molecule has 132 valence electrons. The lowest BCUT2D eigenvalue weighted by Crippen LogP contribution is -2.25. The molecule has 0 bridgehead atoms. The molecule has 0 saturated heterocycles. The second-order valence-corrected chi connectivity index (χ2v) is 6.97. The zero-order valence-electron chi connectivity index (χ0n) is 14.5. The van der Waals surface area contributed by atoms with Gasteiger partial charge in [0.15, 0.2) is 5.82 Å². The topological polar surface area (TPSA) is 77.1 Å². The number of rotatable bonds is 5. The predicted molar refractivity (Wildman–Crippen MR) is 99.5 cm³/mol. The lowest BCUT2D eigenvalue weighted by atomic mass is 10.3. The van der Waals surface area contributed by atoms with Crippen LogP contribution in [-0.2, 0) is 17.8 Å². The van der Waals surface area contributed by atoms with Gasteiger partial charge in [-0.25, -0.2) is 9.50 Å². The molecule has 4 heterocycles. The summed E-state index contributed by atoms with van der Waals surface area (Å²) in [6, 6.07) is 7.92. The maximum atomic E-state index is 12.3. The van der Waals surface area contributed by atoms with Gasteiger partial charge in [-0.05, 0) is 43.5 Å². The molecule has 26 heavy (non-hydrogen) atoms. The molecule has 0 aliphatic rings. The van der Waals surface area contributed by atoms with Gasteiger partial charge in [-0.1, -0.05) is 0 Å². The minimum absolute atomic E-state index is 0.111. The van der Waals surface area contributed by atoms with E-state index in [4.69, 9.17) is 0 Å². The van der Waals surface area contributed by atoms with Crippen LogP contribution in [0.1, 0.15) is 22.8 Å². The van der Waals surface area contributed by atoms with Gasteiger partial charge < -0.3 is 9.88 Å². The molecule has 4 aromatic rings. The molecule has 0 radical (unpaired) electrons. The molecule has 4 rings (SSSR count). The molecule has 0 fully saturated rings. The third kappa shape index (κ3) is 3.23. The largest absolute Gasteiger partial charge is 0.352 e. The van der Waals surface area contributed by atoms with Crippen molar-refractivity contribution in [2.75, 3.05) is 0 Å². The van der Waals surface area contributed by atoms with Crippen molar-refractivity contribution < 1.29 is 4.79 Å². The zero-order chi connectivity index (χ0) is 18.1. The highest BCUT2D eigenvalue weighted by molar-refractivity contribution is 7.12. The number of aryl methyl sites for hydroxylation is 2. The number of thiophene rings is 1. The average molecular weight is 366 g/mol. The SMILES string of the molecule is Cc1cc(C)n2nc(CC(=O)NCc3ccsc3-n3cccc3)nc2n1. The van der Waals surface area contributed by atoms with Crippen LogP contribution in [0.25, 0.3) is 10.8 Å². The summed E-state index contributed by atoms with van der Waals surface area (Å²) in [6.45, 7) is 4.33. The number of carbonyl (C=O) groups is 1. The molecule has 4 aromatic heterocycles. The third-order valence-electron chi connectivity index (χ3n) is 4.02. The van der Waals surface area contributed by atoms with Crippen LogP contribution < -0.4 is 5.32 Å². The van der Waals surface area contributed by atoms with E-state index in [2.05, 4.69) is 20.4 Å². The number of amides is 1. The maximum absolute atomic E-state index is 12.3. The molecule has 0 aromatic carbocycles. The van der Waals surface area contributed by atoms with E-state index in [9.17, 15) is 4.79 Å². The molecule has 0 spiro atoms. The molecule has 8 heteroatoms. The Kier molecular flexibility index (Phi) is 4.26. The van der Waals surface area contributed by atoms with Crippen LogP contribution in [0.4, 0.5) is 0 Å². The highest BCUT2D eigenvalue weighted by Crippen LogP contribution is 2.21. The Morgan fingerprint density at radius 1 is 1.23 bits per heavy atom. The lowest BCUT2D eigenvalue weighted by molar-refractivity contribution is -0.120. The van der Waals surface area contributed by atoms with Gasteiger partial charge in [0, 0.05) is 35.9 Å². The van der Waals surface area contributed by atoms with E-state index in [-0.39, 0.29) is 12.3 Å².